The normalized spacial score (nSPS) is 21.5. The van der Waals surface area contributed by atoms with Crippen molar-refractivity contribution in [2.24, 2.45) is 11.8 Å². The average molecular weight is 284 g/mol. The molecule has 112 valence electrons. The summed E-state index contributed by atoms with van der Waals surface area (Å²) in [5.74, 6) is 3.93. The van der Waals surface area contributed by atoms with E-state index in [4.69, 9.17) is 11.2 Å². The molecule has 0 unspecified atom stereocenters. The Morgan fingerprint density at radius 2 is 1.90 bits per heavy atom. The van der Waals surface area contributed by atoms with Crippen LogP contribution in [0, 0.1) is 24.2 Å². The number of rotatable bonds is 5. The van der Waals surface area contributed by atoms with Gasteiger partial charge in [0.1, 0.15) is 5.75 Å². The number of benzene rings is 1. The van der Waals surface area contributed by atoms with E-state index in [0.29, 0.717) is 5.75 Å². The molecule has 0 N–H and O–H groups in total. The van der Waals surface area contributed by atoms with Gasteiger partial charge in [-0.1, -0.05) is 32.1 Å². The zero-order valence-electron chi connectivity index (χ0n) is 12.8. The molecule has 0 bridgehead atoms. The van der Waals surface area contributed by atoms with Crippen molar-refractivity contribution in [1.29, 1.82) is 0 Å². The van der Waals surface area contributed by atoms with Gasteiger partial charge in [-0.25, -0.2) is 0 Å². The lowest BCUT2D eigenvalue weighted by atomic mass is 9.80. The number of esters is 1. The van der Waals surface area contributed by atoms with Crippen molar-refractivity contribution in [3.63, 3.8) is 0 Å². The Balaban J connectivity index is 1.80. The molecule has 0 amide bonds. The van der Waals surface area contributed by atoms with E-state index in [1.165, 1.54) is 19.3 Å². The fourth-order valence-electron chi connectivity index (χ4n) is 3.00. The third-order valence-electron chi connectivity index (χ3n) is 4.39. The molecule has 0 aliphatic heterocycles. The standard InChI is InChI=1S/C19H24O2/c1-3-5-6-16-7-11-17(12-8-16)19(20)21-18-13-9-15(4-2)10-14-18/h2,9-10,13-14,16-17H,3,5-8,11-12H2,1H3/t16-,17-. The van der Waals surface area contributed by atoms with Crippen molar-refractivity contribution in [2.75, 3.05) is 0 Å². The van der Waals surface area contributed by atoms with E-state index in [2.05, 4.69) is 12.8 Å². The largest absolute Gasteiger partial charge is 0.426 e. The van der Waals surface area contributed by atoms with Gasteiger partial charge in [-0.05, 0) is 55.9 Å². The molecule has 2 rings (SSSR count). The maximum absolute atomic E-state index is 12.2. The van der Waals surface area contributed by atoms with Crippen molar-refractivity contribution in [3.8, 4) is 18.1 Å². The van der Waals surface area contributed by atoms with Gasteiger partial charge in [0, 0.05) is 5.56 Å². The number of carbonyl (C=O) groups is 1. The molecule has 2 nitrogen and oxygen atoms in total. The zero-order valence-corrected chi connectivity index (χ0v) is 12.8. The first-order chi connectivity index (χ1) is 10.2. The van der Waals surface area contributed by atoms with E-state index >= 15 is 0 Å². The SMILES string of the molecule is C#Cc1ccc(OC(=O)[C@H]2CC[C@H](CCCC)CC2)cc1. The number of terminal acetylenes is 1. The van der Waals surface area contributed by atoms with Gasteiger partial charge in [0.25, 0.3) is 0 Å². The van der Waals surface area contributed by atoms with E-state index < -0.39 is 0 Å². The van der Waals surface area contributed by atoms with Gasteiger partial charge in [-0.2, -0.15) is 0 Å². The van der Waals surface area contributed by atoms with Crippen molar-refractivity contribution in [3.05, 3.63) is 29.8 Å². The summed E-state index contributed by atoms with van der Waals surface area (Å²) in [6.45, 7) is 2.23. The lowest BCUT2D eigenvalue weighted by Gasteiger charge is -2.27. The van der Waals surface area contributed by atoms with Gasteiger partial charge in [0.05, 0.1) is 5.92 Å². The maximum Gasteiger partial charge on any atom is 0.314 e. The third-order valence-corrected chi connectivity index (χ3v) is 4.39. The molecule has 1 aliphatic rings. The first-order valence-corrected chi connectivity index (χ1v) is 8.01. The summed E-state index contributed by atoms with van der Waals surface area (Å²) in [6, 6.07) is 7.12. The second-order valence-electron chi connectivity index (χ2n) is 5.95. The van der Waals surface area contributed by atoms with Crippen molar-refractivity contribution in [1.82, 2.24) is 0 Å². The predicted octanol–water partition coefficient (Wildman–Crippen LogP) is 4.57. The van der Waals surface area contributed by atoms with Crippen LogP contribution in [0.2, 0.25) is 0 Å². The fraction of sp³-hybridized carbons (Fsp3) is 0.526. The molecule has 0 heterocycles. The van der Waals surface area contributed by atoms with E-state index in [9.17, 15) is 4.79 Å². The smallest absolute Gasteiger partial charge is 0.314 e. The highest BCUT2D eigenvalue weighted by Gasteiger charge is 2.27. The number of carbonyl (C=O) groups excluding carboxylic acids is 1. The van der Waals surface area contributed by atoms with Crippen LogP contribution in [0.25, 0.3) is 0 Å². The van der Waals surface area contributed by atoms with Gasteiger partial charge < -0.3 is 4.74 Å². The molecule has 21 heavy (non-hydrogen) atoms. The third kappa shape index (κ3) is 4.63. The van der Waals surface area contributed by atoms with Crippen LogP contribution in [0.4, 0.5) is 0 Å². The quantitative estimate of drug-likeness (QED) is 0.450. The van der Waals surface area contributed by atoms with E-state index in [1.54, 1.807) is 24.3 Å². The van der Waals surface area contributed by atoms with Crippen LogP contribution in [-0.4, -0.2) is 5.97 Å². The Labute approximate surface area is 127 Å². The van der Waals surface area contributed by atoms with E-state index in [1.807, 2.05) is 0 Å². The summed E-state index contributed by atoms with van der Waals surface area (Å²) in [4.78, 5) is 12.2. The number of unbranched alkanes of at least 4 members (excludes halogenated alkanes) is 1. The average Bonchev–Trinajstić information content (AvgIpc) is 2.54. The summed E-state index contributed by atoms with van der Waals surface area (Å²) in [6.07, 6.45) is 13.4. The molecule has 1 saturated carbocycles. The summed E-state index contributed by atoms with van der Waals surface area (Å²) in [7, 11) is 0. The first kappa shape index (κ1) is 15.6. The van der Waals surface area contributed by atoms with Crippen LogP contribution in [0.15, 0.2) is 24.3 Å². The van der Waals surface area contributed by atoms with Crippen LogP contribution in [0.3, 0.4) is 0 Å². The molecular formula is C19H24O2. The summed E-state index contributed by atoms with van der Waals surface area (Å²) in [5.41, 5.74) is 0.797. The van der Waals surface area contributed by atoms with Crippen molar-refractivity contribution >= 4 is 5.97 Å². The van der Waals surface area contributed by atoms with Gasteiger partial charge in [0.2, 0.25) is 0 Å². The lowest BCUT2D eigenvalue weighted by Crippen LogP contribution is -2.25. The molecule has 0 radical (unpaired) electrons. The monoisotopic (exact) mass is 284 g/mol. The molecule has 1 aliphatic carbocycles. The predicted molar refractivity (Wildman–Crippen MR) is 85.0 cm³/mol. The summed E-state index contributed by atoms with van der Waals surface area (Å²) >= 11 is 0. The van der Waals surface area contributed by atoms with Gasteiger partial charge >= 0.3 is 5.97 Å². The minimum absolute atomic E-state index is 0.0650. The van der Waals surface area contributed by atoms with Crippen LogP contribution in [-0.2, 0) is 4.79 Å². The zero-order chi connectivity index (χ0) is 15.1. The molecule has 1 aromatic carbocycles. The van der Waals surface area contributed by atoms with Gasteiger partial charge in [0.15, 0.2) is 0 Å². The van der Waals surface area contributed by atoms with Crippen LogP contribution in [0.1, 0.15) is 57.4 Å². The van der Waals surface area contributed by atoms with Gasteiger partial charge in [-0.15, -0.1) is 6.42 Å². The van der Waals surface area contributed by atoms with E-state index in [-0.39, 0.29) is 11.9 Å². The van der Waals surface area contributed by atoms with Crippen molar-refractivity contribution < 1.29 is 9.53 Å². The molecule has 1 fully saturated rings. The fourth-order valence-corrected chi connectivity index (χ4v) is 3.00. The maximum atomic E-state index is 12.2. The Bertz CT molecular complexity index is 487. The summed E-state index contributed by atoms with van der Waals surface area (Å²) < 4.78 is 5.46. The second kappa shape index (κ2) is 7.88. The topological polar surface area (TPSA) is 26.3 Å². The van der Waals surface area contributed by atoms with Gasteiger partial charge in [-0.3, -0.25) is 4.79 Å². The lowest BCUT2D eigenvalue weighted by molar-refractivity contribution is -0.140. The Kier molecular flexibility index (Phi) is 5.87. The number of hydrogen-bond donors (Lipinski definition) is 0. The minimum atomic E-state index is -0.0857. The van der Waals surface area contributed by atoms with E-state index in [0.717, 1.165) is 37.2 Å². The molecule has 1 aromatic rings. The molecule has 0 atom stereocenters. The van der Waals surface area contributed by atoms with Crippen LogP contribution < -0.4 is 4.74 Å². The molecule has 0 spiro atoms. The molecular weight excluding hydrogens is 260 g/mol. The first-order valence-electron chi connectivity index (χ1n) is 8.01. The van der Waals surface area contributed by atoms with Crippen LogP contribution in [0.5, 0.6) is 5.75 Å². The second-order valence-corrected chi connectivity index (χ2v) is 5.95. The minimum Gasteiger partial charge on any atom is -0.426 e. The Morgan fingerprint density at radius 1 is 1.24 bits per heavy atom. The molecule has 0 aromatic heterocycles. The number of hydrogen-bond acceptors (Lipinski definition) is 2. The van der Waals surface area contributed by atoms with Crippen molar-refractivity contribution in [2.45, 2.75) is 51.9 Å². The molecule has 2 heteroatoms. The highest BCUT2D eigenvalue weighted by molar-refractivity contribution is 5.75. The number of ether oxygens (including phenoxy) is 1. The highest BCUT2D eigenvalue weighted by Crippen LogP contribution is 2.32. The highest BCUT2D eigenvalue weighted by atomic mass is 16.5. The van der Waals surface area contributed by atoms with Crippen LogP contribution >= 0.6 is 0 Å². The Morgan fingerprint density at radius 3 is 2.48 bits per heavy atom. The summed E-state index contributed by atoms with van der Waals surface area (Å²) in [5, 5.41) is 0. The molecule has 0 saturated heterocycles. The Hall–Kier alpha value is -1.75.